The number of amides is 2. The molecule has 2 amide bonds. The zero-order chi connectivity index (χ0) is 32.8. The highest BCUT2D eigenvalue weighted by Crippen LogP contribution is 2.47. The van der Waals surface area contributed by atoms with Crippen LogP contribution in [0.3, 0.4) is 0 Å². The molecule has 3 fully saturated rings. The fourth-order valence-electron chi connectivity index (χ4n) is 6.92. The van der Waals surface area contributed by atoms with Crippen LogP contribution < -0.4 is 16.0 Å². The highest BCUT2D eigenvalue weighted by molar-refractivity contribution is 5.98. The molecule has 7 rings (SSSR count). The minimum absolute atomic E-state index is 0.0857. The molecule has 11 heteroatoms. The number of pyridine rings is 1. The molecule has 4 aromatic rings. The summed E-state index contributed by atoms with van der Waals surface area (Å²) in [4.78, 5) is 35.9. The number of fused-ring (bicyclic) bond motifs is 2. The van der Waals surface area contributed by atoms with Crippen molar-refractivity contribution in [2.45, 2.75) is 103 Å². The largest absolute Gasteiger partial charge is 0.348 e. The van der Waals surface area contributed by atoms with Gasteiger partial charge in [-0.2, -0.15) is 0 Å². The molecular formula is C36H45F2N7O2. The fourth-order valence-corrected chi connectivity index (χ4v) is 6.92. The number of hydrogen-bond acceptors (Lipinski definition) is 5. The van der Waals surface area contributed by atoms with E-state index >= 15 is 4.39 Å². The Labute approximate surface area is 273 Å². The summed E-state index contributed by atoms with van der Waals surface area (Å²) in [6.07, 6.45) is 6.28. The van der Waals surface area contributed by atoms with Crippen molar-refractivity contribution in [1.82, 2.24) is 35.1 Å². The zero-order valence-corrected chi connectivity index (χ0v) is 27.5. The Morgan fingerprint density at radius 3 is 2.64 bits per heavy atom. The second-order valence-corrected chi connectivity index (χ2v) is 13.9. The molecular weight excluding hydrogens is 600 g/mol. The summed E-state index contributed by atoms with van der Waals surface area (Å²) in [5.74, 6) is 0.0409. The molecule has 1 aromatic carbocycles. The molecule has 1 aliphatic heterocycles. The number of hydrogen-bond donors (Lipinski definition) is 3. The smallest absolute Gasteiger partial charge is 0.254 e. The molecule has 0 spiro atoms. The number of alkyl halides is 1. The van der Waals surface area contributed by atoms with Crippen molar-refractivity contribution in [3.63, 3.8) is 0 Å². The lowest BCUT2D eigenvalue weighted by molar-refractivity contribution is -0.122. The first-order chi connectivity index (χ1) is 22.7. The lowest BCUT2D eigenvalue weighted by Gasteiger charge is -2.27. The van der Waals surface area contributed by atoms with E-state index < -0.39 is 23.9 Å². The van der Waals surface area contributed by atoms with Crippen molar-refractivity contribution >= 4 is 33.9 Å². The molecule has 0 unspecified atom stereocenters. The maximum absolute atomic E-state index is 15.7. The molecule has 1 saturated heterocycles. The third-order valence-corrected chi connectivity index (χ3v) is 10.1. The van der Waals surface area contributed by atoms with Crippen LogP contribution >= 0.6 is 0 Å². The summed E-state index contributed by atoms with van der Waals surface area (Å²) >= 11 is 0. The van der Waals surface area contributed by atoms with Gasteiger partial charge >= 0.3 is 0 Å². The van der Waals surface area contributed by atoms with Crippen LogP contribution in [0.5, 0.6) is 0 Å². The molecule has 0 bridgehead atoms. The Balaban J connectivity index is 1.29. The number of carbonyl (C=O) groups is 2. The molecule has 5 atom stereocenters. The predicted molar refractivity (Wildman–Crippen MR) is 178 cm³/mol. The standard InChI is InChI=1S/C36H45F2N7O2/c1-4-5-6-7-14-44-32(16-23-10-11-27(41-33(23)44)21(3)40-35(46)22-8-9-22)34-42-28-17-24(36(47)43-29-19-39-13-12-25(29)37)26(38)18-31(28)45(34)30-15-20(30)2/h10-11,16-18,20-22,25,29-30,39H,4-9,12-15,19H2,1-3H3,(H,40,46)(H,43,47)/t20-,21+,25-,29-,30-/m0/s1. The summed E-state index contributed by atoms with van der Waals surface area (Å²) in [6, 6.07) is 8.27. The van der Waals surface area contributed by atoms with Crippen LogP contribution in [0.2, 0.25) is 0 Å². The van der Waals surface area contributed by atoms with Gasteiger partial charge in [0.25, 0.3) is 5.91 Å². The number of aromatic nitrogens is 4. The Hall–Kier alpha value is -3.86. The van der Waals surface area contributed by atoms with E-state index in [0.29, 0.717) is 36.5 Å². The number of unbranched alkanes of at least 4 members (excludes halogenated alkanes) is 3. The predicted octanol–water partition coefficient (Wildman–Crippen LogP) is 6.37. The van der Waals surface area contributed by atoms with Gasteiger partial charge in [-0.25, -0.2) is 18.7 Å². The van der Waals surface area contributed by atoms with Crippen molar-refractivity contribution in [3.05, 3.63) is 47.4 Å². The van der Waals surface area contributed by atoms with Crippen molar-refractivity contribution in [2.24, 2.45) is 11.8 Å². The number of halogens is 2. The van der Waals surface area contributed by atoms with Crippen LogP contribution in [0.1, 0.15) is 100 Å². The quantitative estimate of drug-likeness (QED) is 0.155. The number of nitrogens with one attached hydrogen (secondary N) is 3. The van der Waals surface area contributed by atoms with Crippen molar-refractivity contribution < 1.29 is 18.4 Å². The van der Waals surface area contributed by atoms with Gasteiger partial charge in [0.1, 0.15) is 17.6 Å². The molecule has 0 radical (unpaired) electrons. The number of piperidine rings is 1. The molecule has 250 valence electrons. The Bertz CT molecular complexity index is 1810. The topological polar surface area (TPSA) is 106 Å². The van der Waals surface area contributed by atoms with Crippen molar-refractivity contribution in [2.75, 3.05) is 13.1 Å². The average molecular weight is 646 g/mol. The monoisotopic (exact) mass is 645 g/mol. The molecule has 2 saturated carbocycles. The first kappa shape index (κ1) is 31.7. The van der Waals surface area contributed by atoms with E-state index in [1.165, 1.54) is 12.1 Å². The van der Waals surface area contributed by atoms with Gasteiger partial charge in [0.2, 0.25) is 5.91 Å². The number of carbonyl (C=O) groups excluding carboxylic acids is 2. The van der Waals surface area contributed by atoms with Gasteiger partial charge in [-0.05, 0) is 75.8 Å². The minimum atomic E-state index is -1.18. The van der Waals surface area contributed by atoms with E-state index in [4.69, 9.17) is 9.97 Å². The van der Waals surface area contributed by atoms with Gasteiger partial charge in [0.15, 0.2) is 5.82 Å². The molecule has 3 aliphatic rings. The van der Waals surface area contributed by atoms with Crippen LogP contribution in [0, 0.1) is 17.7 Å². The Kier molecular flexibility index (Phi) is 8.76. The highest BCUT2D eigenvalue weighted by atomic mass is 19.1. The number of benzene rings is 1. The second-order valence-electron chi connectivity index (χ2n) is 13.9. The number of rotatable bonds is 12. The maximum atomic E-state index is 15.7. The van der Waals surface area contributed by atoms with E-state index in [-0.39, 0.29) is 29.5 Å². The van der Waals surface area contributed by atoms with Gasteiger partial charge < -0.3 is 25.1 Å². The summed E-state index contributed by atoms with van der Waals surface area (Å²) in [6.45, 7) is 7.93. The summed E-state index contributed by atoms with van der Waals surface area (Å²) in [7, 11) is 0. The number of aryl methyl sites for hydroxylation is 1. The Morgan fingerprint density at radius 2 is 1.91 bits per heavy atom. The van der Waals surface area contributed by atoms with Gasteiger partial charge in [0.05, 0.1) is 40.1 Å². The summed E-state index contributed by atoms with van der Waals surface area (Å²) < 4.78 is 34.5. The summed E-state index contributed by atoms with van der Waals surface area (Å²) in [5, 5.41) is 9.87. The van der Waals surface area contributed by atoms with Gasteiger partial charge in [-0.3, -0.25) is 9.59 Å². The lowest BCUT2D eigenvalue weighted by atomic mass is 10.0. The first-order valence-corrected chi connectivity index (χ1v) is 17.4. The molecule has 9 nitrogen and oxygen atoms in total. The molecule has 3 aromatic heterocycles. The van der Waals surface area contributed by atoms with E-state index in [9.17, 15) is 14.0 Å². The van der Waals surface area contributed by atoms with Crippen molar-refractivity contribution in [3.8, 4) is 11.5 Å². The van der Waals surface area contributed by atoms with Crippen LogP contribution in [0.25, 0.3) is 33.6 Å². The van der Waals surface area contributed by atoms with Gasteiger partial charge in [0, 0.05) is 36.5 Å². The van der Waals surface area contributed by atoms with Crippen LogP contribution in [0.4, 0.5) is 8.78 Å². The van der Waals surface area contributed by atoms with Gasteiger partial charge in [-0.15, -0.1) is 0 Å². The van der Waals surface area contributed by atoms with E-state index in [1.54, 1.807) is 0 Å². The first-order valence-electron chi connectivity index (χ1n) is 17.4. The second kappa shape index (κ2) is 13.0. The van der Waals surface area contributed by atoms with Crippen LogP contribution in [-0.2, 0) is 11.3 Å². The third kappa shape index (κ3) is 6.38. The maximum Gasteiger partial charge on any atom is 0.254 e. The zero-order valence-electron chi connectivity index (χ0n) is 27.5. The van der Waals surface area contributed by atoms with Crippen LogP contribution in [0.15, 0.2) is 30.3 Å². The summed E-state index contributed by atoms with van der Waals surface area (Å²) in [5.41, 5.74) is 3.56. The lowest BCUT2D eigenvalue weighted by Crippen LogP contribution is -2.52. The van der Waals surface area contributed by atoms with E-state index in [2.05, 4.69) is 51.1 Å². The van der Waals surface area contributed by atoms with Crippen LogP contribution in [-0.4, -0.2) is 56.2 Å². The molecule has 47 heavy (non-hydrogen) atoms. The fraction of sp³-hybridized carbons (Fsp3) is 0.556. The molecule has 3 N–H and O–H groups in total. The van der Waals surface area contributed by atoms with Crippen molar-refractivity contribution in [1.29, 1.82) is 0 Å². The molecule has 2 aliphatic carbocycles. The SMILES string of the molecule is CCCCCCn1c(-c2nc3cc(C(=O)N[C@H]4CNCC[C@@H]4F)c(F)cc3n2[C@H]2C[C@@H]2C)cc2ccc([C@@H](C)NC(=O)C3CC3)nc21. The minimum Gasteiger partial charge on any atom is -0.348 e. The number of nitrogens with zero attached hydrogens (tertiary/aromatic N) is 4. The Morgan fingerprint density at radius 1 is 1.11 bits per heavy atom. The van der Waals surface area contributed by atoms with E-state index in [0.717, 1.165) is 79.7 Å². The number of imidazole rings is 1. The van der Waals surface area contributed by atoms with Gasteiger partial charge in [-0.1, -0.05) is 33.1 Å². The molecule has 4 heterocycles. The third-order valence-electron chi connectivity index (χ3n) is 10.1. The normalized spacial score (nSPS) is 23.3. The average Bonchev–Trinajstić information content (AvgIpc) is 3.97. The highest BCUT2D eigenvalue weighted by Gasteiger charge is 2.38. The van der Waals surface area contributed by atoms with E-state index in [1.807, 2.05) is 13.0 Å².